The predicted octanol–water partition coefficient (Wildman–Crippen LogP) is 3.43. The smallest absolute Gasteiger partial charge is 0.262 e. The lowest BCUT2D eigenvalue weighted by Gasteiger charge is -2.09. The fourth-order valence-corrected chi connectivity index (χ4v) is 2.73. The van der Waals surface area contributed by atoms with Gasteiger partial charge in [0, 0.05) is 10.6 Å². The lowest BCUT2D eigenvalue weighted by atomic mass is 10.3. The van der Waals surface area contributed by atoms with Crippen LogP contribution in [0, 0.1) is 0 Å². The average Bonchev–Trinajstić information content (AvgIpc) is 2.40. The Morgan fingerprint density at radius 1 is 1.00 bits per heavy atom. The van der Waals surface area contributed by atoms with Crippen LogP contribution in [0.5, 0.6) is 0 Å². The van der Waals surface area contributed by atoms with Crippen LogP contribution < -0.4 is 4.72 Å². The van der Waals surface area contributed by atoms with Crippen LogP contribution >= 0.6 is 0 Å². The van der Waals surface area contributed by atoms with Crippen molar-refractivity contribution in [3.8, 4) is 0 Å². The van der Waals surface area contributed by atoms with Crippen LogP contribution in [0.4, 0.5) is 11.4 Å². The largest absolute Gasteiger partial charge is 0.280 e. The molecule has 0 aliphatic rings. The normalized spacial score (nSPS) is 10.5. The molecule has 2 rings (SSSR count). The van der Waals surface area contributed by atoms with Gasteiger partial charge in [-0.05, 0) is 23.7 Å². The third kappa shape index (κ3) is 3.04. The van der Waals surface area contributed by atoms with E-state index in [1.165, 1.54) is 12.1 Å². The van der Waals surface area contributed by atoms with Gasteiger partial charge in [0.25, 0.3) is 10.0 Å². The summed E-state index contributed by atoms with van der Waals surface area (Å²) in [5.74, 6) is 0. The Balaban J connectivity index is 2.43. The molecule has 0 bridgehead atoms. The summed E-state index contributed by atoms with van der Waals surface area (Å²) in [4.78, 5) is 2.56. The van der Waals surface area contributed by atoms with Crippen molar-refractivity contribution in [3.63, 3.8) is 0 Å². The number of benzene rings is 2. The summed E-state index contributed by atoms with van der Waals surface area (Å²) < 4.78 is 26.8. The maximum absolute atomic E-state index is 12.2. The topological polar surface area (TPSA) is 94.9 Å². The standard InChI is InChI=1S/C12H10N4O2S/c13-16-14-11-8-4-5-9-12(11)19(17,18)15-10-6-2-1-3-7-10/h1-9,15H. The van der Waals surface area contributed by atoms with E-state index in [0.717, 1.165) is 0 Å². The molecule has 7 heteroatoms. The van der Waals surface area contributed by atoms with E-state index in [1.54, 1.807) is 42.5 Å². The maximum Gasteiger partial charge on any atom is 0.262 e. The van der Waals surface area contributed by atoms with Gasteiger partial charge in [-0.3, -0.25) is 4.72 Å². The number of hydrogen-bond donors (Lipinski definition) is 1. The number of nitrogens with one attached hydrogen (secondary N) is 1. The van der Waals surface area contributed by atoms with E-state index >= 15 is 0 Å². The predicted molar refractivity (Wildman–Crippen MR) is 72.5 cm³/mol. The molecule has 1 N–H and O–H groups in total. The molecule has 0 amide bonds. The van der Waals surface area contributed by atoms with Crippen molar-refractivity contribution in [2.24, 2.45) is 5.11 Å². The zero-order valence-corrected chi connectivity index (χ0v) is 10.6. The number of sulfonamides is 1. The lowest BCUT2D eigenvalue weighted by Crippen LogP contribution is -2.12. The van der Waals surface area contributed by atoms with E-state index in [-0.39, 0.29) is 10.6 Å². The quantitative estimate of drug-likeness (QED) is 0.525. The van der Waals surface area contributed by atoms with Crippen molar-refractivity contribution in [3.05, 3.63) is 65.0 Å². The Labute approximate surface area is 110 Å². The molecule has 2 aromatic rings. The van der Waals surface area contributed by atoms with E-state index in [9.17, 15) is 8.42 Å². The van der Waals surface area contributed by atoms with Gasteiger partial charge in [-0.1, -0.05) is 41.5 Å². The third-order valence-electron chi connectivity index (χ3n) is 2.33. The van der Waals surface area contributed by atoms with Crippen molar-refractivity contribution in [2.45, 2.75) is 4.90 Å². The van der Waals surface area contributed by atoms with Crippen LogP contribution in [0.1, 0.15) is 0 Å². The summed E-state index contributed by atoms with van der Waals surface area (Å²) in [6, 6.07) is 14.5. The molecule has 0 heterocycles. The Kier molecular flexibility index (Phi) is 3.70. The average molecular weight is 274 g/mol. The Bertz CT molecular complexity index is 722. The monoisotopic (exact) mass is 274 g/mol. The van der Waals surface area contributed by atoms with Crippen LogP contribution in [0.3, 0.4) is 0 Å². The van der Waals surface area contributed by atoms with Crippen molar-refractivity contribution < 1.29 is 8.42 Å². The van der Waals surface area contributed by atoms with Crippen LogP contribution in [-0.2, 0) is 10.0 Å². The number of nitrogens with zero attached hydrogens (tertiary/aromatic N) is 3. The van der Waals surface area contributed by atoms with Crippen molar-refractivity contribution in [1.82, 2.24) is 0 Å². The molecule has 0 atom stereocenters. The zero-order chi connectivity index (χ0) is 13.7. The van der Waals surface area contributed by atoms with E-state index in [0.29, 0.717) is 5.69 Å². The van der Waals surface area contributed by atoms with Crippen molar-refractivity contribution >= 4 is 21.4 Å². The maximum atomic E-state index is 12.2. The number of para-hydroxylation sites is 1. The molecular formula is C12H10N4O2S. The molecule has 19 heavy (non-hydrogen) atoms. The van der Waals surface area contributed by atoms with E-state index in [1.807, 2.05) is 0 Å². The highest BCUT2D eigenvalue weighted by molar-refractivity contribution is 7.92. The summed E-state index contributed by atoms with van der Waals surface area (Å²) in [5.41, 5.74) is 8.95. The van der Waals surface area contributed by atoms with Gasteiger partial charge in [0.2, 0.25) is 0 Å². The van der Waals surface area contributed by atoms with Gasteiger partial charge in [0.05, 0.1) is 10.6 Å². The minimum Gasteiger partial charge on any atom is -0.280 e. The van der Waals surface area contributed by atoms with Gasteiger partial charge in [-0.2, -0.15) is 0 Å². The van der Waals surface area contributed by atoms with Crippen molar-refractivity contribution in [1.29, 1.82) is 0 Å². The van der Waals surface area contributed by atoms with Gasteiger partial charge in [0.1, 0.15) is 0 Å². The first kappa shape index (κ1) is 12.9. The molecule has 0 aromatic heterocycles. The highest BCUT2D eigenvalue weighted by Crippen LogP contribution is 2.25. The Hall–Kier alpha value is -2.50. The van der Waals surface area contributed by atoms with Crippen LogP contribution in [0.25, 0.3) is 10.4 Å². The fourth-order valence-electron chi connectivity index (χ4n) is 1.53. The van der Waals surface area contributed by atoms with Gasteiger partial charge in [0.15, 0.2) is 0 Å². The fraction of sp³-hybridized carbons (Fsp3) is 0. The SMILES string of the molecule is [N-]=[N+]=Nc1ccccc1S(=O)(=O)Nc1ccccc1. The van der Waals surface area contributed by atoms with Crippen LogP contribution in [0.15, 0.2) is 64.6 Å². The van der Waals surface area contributed by atoms with E-state index < -0.39 is 10.0 Å². The molecule has 0 fully saturated rings. The molecule has 0 saturated heterocycles. The van der Waals surface area contributed by atoms with Crippen LogP contribution in [-0.4, -0.2) is 8.42 Å². The second-order valence-electron chi connectivity index (χ2n) is 3.63. The second kappa shape index (κ2) is 5.43. The summed E-state index contributed by atoms with van der Waals surface area (Å²) in [6.07, 6.45) is 0. The van der Waals surface area contributed by atoms with Crippen molar-refractivity contribution in [2.75, 3.05) is 4.72 Å². The lowest BCUT2D eigenvalue weighted by molar-refractivity contribution is 0.601. The number of azide groups is 1. The summed E-state index contributed by atoms with van der Waals surface area (Å²) >= 11 is 0. The Morgan fingerprint density at radius 2 is 1.63 bits per heavy atom. The molecule has 2 aromatic carbocycles. The zero-order valence-electron chi connectivity index (χ0n) is 9.76. The molecule has 6 nitrogen and oxygen atoms in total. The first-order chi connectivity index (χ1) is 9.13. The minimum absolute atomic E-state index is 0.0587. The molecule has 0 radical (unpaired) electrons. The van der Waals surface area contributed by atoms with E-state index in [4.69, 9.17) is 5.53 Å². The summed E-state index contributed by atoms with van der Waals surface area (Å²) in [5, 5.41) is 3.38. The number of anilines is 1. The highest BCUT2D eigenvalue weighted by Gasteiger charge is 2.17. The summed E-state index contributed by atoms with van der Waals surface area (Å²) in [6.45, 7) is 0. The minimum atomic E-state index is -3.78. The molecule has 0 saturated carbocycles. The molecule has 96 valence electrons. The van der Waals surface area contributed by atoms with Gasteiger partial charge >= 0.3 is 0 Å². The molecule has 0 aliphatic carbocycles. The van der Waals surface area contributed by atoms with Crippen LogP contribution in [0.2, 0.25) is 0 Å². The molecular weight excluding hydrogens is 264 g/mol. The number of hydrogen-bond acceptors (Lipinski definition) is 3. The van der Waals surface area contributed by atoms with E-state index in [2.05, 4.69) is 14.7 Å². The molecule has 0 aliphatic heterocycles. The van der Waals surface area contributed by atoms with Gasteiger partial charge < -0.3 is 0 Å². The molecule has 0 unspecified atom stereocenters. The number of rotatable bonds is 4. The second-order valence-corrected chi connectivity index (χ2v) is 5.28. The third-order valence-corrected chi connectivity index (χ3v) is 3.76. The molecule has 0 spiro atoms. The summed E-state index contributed by atoms with van der Waals surface area (Å²) in [7, 11) is -3.78. The van der Waals surface area contributed by atoms with Gasteiger partial charge in [-0.15, -0.1) is 0 Å². The first-order valence-corrected chi connectivity index (χ1v) is 6.84. The van der Waals surface area contributed by atoms with Gasteiger partial charge in [-0.25, -0.2) is 8.42 Å². The highest BCUT2D eigenvalue weighted by atomic mass is 32.2. The Morgan fingerprint density at radius 3 is 2.32 bits per heavy atom. The first-order valence-electron chi connectivity index (χ1n) is 5.35.